The largest absolute Gasteiger partial charge is 0.309 e. The number of para-hydroxylation sites is 3. The van der Waals surface area contributed by atoms with E-state index in [1.807, 2.05) is 11.3 Å². The third-order valence-corrected chi connectivity index (χ3v) is 21.9. The van der Waals surface area contributed by atoms with Gasteiger partial charge < -0.3 is 9.13 Å². The van der Waals surface area contributed by atoms with Gasteiger partial charge in [0.15, 0.2) is 8.07 Å². The first-order chi connectivity index (χ1) is 37.7. The van der Waals surface area contributed by atoms with E-state index in [2.05, 4.69) is 300 Å². The van der Waals surface area contributed by atoms with E-state index in [4.69, 9.17) is 0 Å². The SMILES string of the molecule is c1ccc(-c2cc(-c3ccc([Si](c4ccccc4)(c4ccccc4)c4ccccc4)cc3)c3sc4c(-n5c6ccccc6c6cc(-n7c8ccccc8c8ccccc87)ccc65)cc(-c5ccccc5)cc4c3c2)cc1. The summed E-state index contributed by atoms with van der Waals surface area (Å²) >= 11 is 1.92. The summed E-state index contributed by atoms with van der Waals surface area (Å²) in [5.41, 5.74) is 14.3. The molecule has 3 heterocycles. The molecule has 15 aromatic rings. The molecule has 4 heteroatoms. The van der Waals surface area contributed by atoms with Gasteiger partial charge in [-0.05, 0) is 109 Å². The molecule has 0 fully saturated rings. The molecule has 12 aromatic carbocycles. The zero-order valence-electron chi connectivity index (χ0n) is 41.5. The van der Waals surface area contributed by atoms with Gasteiger partial charge in [-0.2, -0.15) is 0 Å². The Bertz CT molecular complexity index is 4510. The highest BCUT2D eigenvalue weighted by Gasteiger charge is 2.41. The molecule has 0 aliphatic heterocycles. The van der Waals surface area contributed by atoms with Crippen molar-refractivity contribution in [1.82, 2.24) is 9.13 Å². The minimum absolute atomic E-state index is 1.15. The summed E-state index contributed by atoms with van der Waals surface area (Å²) in [7, 11) is -2.73. The molecule has 0 amide bonds. The van der Waals surface area contributed by atoms with Crippen LogP contribution in [0.3, 0.4) is 0 Å². The molecule has 0 aliphatic rings. The quantitative estimate of drug-likeness (QED) is 0.101. The molecule has 0 saturated carbocycles. The predicted octanol–water partition coefficient (Wildman–Crippen LogP) is 16.6. The maximum absolute atomic E-state index is 2.73. The first-order valence-corrected chi connectivity index (χ1v) is 29.0. The molecule has 0 radical (unpaired) electrons. The highest BCUT2D eigenvalue weighted by Crippen LogP contribution is 2.48. The Labute approximate surface area is 446 Å². The van der Waals surface area contributed by atoms with Crippen LogP contribution in [0, 0.1) is 0 Å². The zero-order chi connectivity index (χ0) is 50.2. The van der Waals surface area contributed by atoms with Crippen molar-refractivity contribution in [2.24, 2.45) is 0 Å². The predicted molar refractivity (Wildman–Crippen MR) is 328 cm³/mol. The second-order valence-electron chi connectivity index (χ2n) is 20.0. The average Bonchev–Trinajstić information content (AvgIpc) is 4.27. The third-order valence-electron chi connectivity index (χ3n) is 15.9. The zero-order valence-corrected chi connectivity index (χ0v) is 43.3. The molecule has 0 spiro atoms. The summed E-state index contributed by atoms with van der Waals surface area (Å²) in [4.78, 5) is 0. The third kappa shape index (κ3) is 6.92. The summed E-state index contributed by atoms with van der Waals surface area (Å²) in [6.45, 7) is 0. The van der Waals surface area contributed by atoms with E-state index < -0.39 is 8.07 Å². The van der Waals surface area contributed by atoms with Crippen LogP contribution in [-0.2, 0) is 0 Å². The summed E-state index contributed by atoms with van der Waals surface area (Å²) < 4.78 is 7.51. The van der Waals surface area contributed by atoms with E-state index in [9.17, 15) is 0 Å². The van der Waals surface area contributed by atoms with Crippen LogP contribution < -0.4 is 20.7 Å². The molecule has 0 N–H and O–H groups in total. The number of aromatic nitrogens is 2. The molecule has 0 aliphatic carbocycles. The van der Waals surface area contributed by atoms with Gasteiger partial charge in [0.25, 0.3) is 0 Å². The van der Waals surface area contributed by atoms with Gasteiger partial charge in [0, 0.05) is 48.3 Å². The Balaban J connectivity index is 0.985. The van der Waals surface area contributed by atoms with E-state index in [0.717, 1.165) is 5.69 Å². The van der Waals surface area contributed by atoms with E-state index in [-0.39, 0.29) is 0 Å². The molecule has 0 atom stereocenters. The topological polar surface area (TPSA) is 9.86 Å². The second kappa shape index (κ2) is 18.0. The van der Waals surface area contributed by atoms with Gasteiger partial charge in [-0.3, -0.25) is 0 Å². The van der Waals surface area contributed by atoms with Crippen molar-refractivity contribution < 1.29 is 0 Å². The van der Waals surface area contributed by atoms with Crippen LogP contribution in [0.4, 0.5) is 0 Å². The molecule has 15 rings (SSSR count). The van der Waals surface area contributed by atoms with Gasteiger partial charge in [0.05, 0.1) is 32.5 Å². The Morgan fingerprint density at radius 1 is 0.250 bits per heavy atom. The van der Waals surface area contributed by atoms with Crippen LogP contribution in [0.2, 0.25) is 0 Å². The fourth-order valence-corrected chi connectivity index (χ4v) is 18.5. The smallest absolute Gasteiger partial charge is 0.179 e. The van der Waals surface area contributed by atoms with Crippen molar-refractivity contribution in [3.63, 3.8) is 0 Å². The lowest BCUT2D eigenvalue weighted by Crippen LogP contribution is -2.74. The minimum Gasteiger partial charge on any atom is -0.309 e. The highest BCUT2D eigenvalue weighted by molar-refractivity contribution is 7.26. The molecule has 356 valence electrons. The van der Waals surface area contributed by atoms with Gasteiger partial charge in [-0.25, -0.2) is 0 Å². The van der Waals surface area contributed by atoms with Crippen LogP contribution in [0.15, 0.2) is 291 Å². The van der Waals surface area contributed by atoms with Crippen LogP contribution in [0.1, 0.15) is 0 Å². The number of hydrogen-bond donors (Lipinski definition) is 0. The van der Waals surface area contributed by atoms with Crippen molar-refractivity contribution in [2.45, 2.75) is 0 Å². The molecule has 0 unspecified atom stereocenters. The van der Waals surface area contributed by atoms with Crippen LogP contribution in [0.25, 0.3) is 109 Å². The van der Waals surface area contributed by atoms with E-state index in [0.29, 0.717) is 0 Å². The first-order valence-electron chi connectivity index (χ1n) is 26.2. The van der Waals surface area contributed by atoms with Crippen molar-refractivity contribution in [3.8, 4) is 44.8 Å². The Morgan fingerprint density at radius 2 is 0.658 bits per heavy atom. The number of thiophene rings is 1. The monoisotopic (exact) mass is 1000 g/mol. The number of benzene rings is 12. The van der Waals surface area contributed by atoms with Gasteiger partial charge in [-0.1, -0.05) is 231 Å². The van der Waals surface area contributed by atoms with E-state index >= 15 is 0 Å². The van der Waals surface area contributed by atoms with Crippen molar-refractivity contribution >= 4 is 104 Å². The van der Waals surface area contributed by atoms with Crippen molar-refractivity contribution in [2.75, 3.05) is 0 Å². The fourth-order valence-electron chi connectivity index (χ4n) is 12.5. The number of nitrogens with zero attached hydrogens (tertiary/aromatic N) is 2. The fraction of sp³-hybridized carbons (Fsp3) is 0. The van der Waals surface area contributed by atoms with Gasteiger partial charge >= 0.3 is 0 Å². The lowest BCUT2D eigenvalue weighted by molar-refractivity contribution is 1.17. The lowest BCUT2D eigenvalue weighted by atomic mass is 9.95. The number of fused-ring (bicyclic) bond motifs is 9. The molecular formula is C72H48N2SSi. The van der Waals surface area contributed by atoms with Crippen LogP contribution in [-0.4, -0.2) is 17.2 Å². The number of hydrogen-bond acceptors (Lipinski definition) is 1. The summed E-state index contributed by atoms with van der Waals surface area (Å²) in [5.74, 6) is 0. The van der Waals surface area contributed by atoms with Crippen molar-refractivity contribution in [1.29, 1.82) is 0 Å². The van der Waals surface area contributed by atoms with Crippen LogP contribution >= 0.6 is 11.3 Å². The first kappa shape index (κ1) is 44.2. The molecule has 76 heavy (non-hydrogen) atoms. The maximum Gasteiger partial charge on any atom is 0.179 e. The Morgan fingerprint density at radius 3 is 1.18 bits per heavy atom. The van der Waals surface area contributed by atoms with Gasteiger partial charge in [0.2, 0.25) is 0 Å². The summed E-state index contributed by atoms with van der Waals surface area (Å²) in [5, 5.41) is 13.0. The molecule has 0 saturated heterocycles. The number of rotatable bonds is 9. The summed E-state index contributed by atoms with van der Waals surface area (Å²) in [6.07, 6.45) is 0. The summed E-state index contributed by atoms with van der Waals surface area (Å²) in [6, 6.07) is 109. The van der Waals surface area contributed by atoms with E-state index in [1.165, 1.54) is 124 Å². The van der Waals surface area contributed by atoms with Gasteiger partial charge in [-0.15, -0.1) is 11.3 Å². The standard InChI is InChI=1S/C72H48N2SSi/c1-6-22-49(23-7-1)52-44-62(51-38-41-58(42-39-51)76(55-26-10-3-11-27-55,56-28-12-4-13-29-56)57-30-14-5-15-31-57)71-64(45-52)65-46-53(50-24-8-2-9-25-50)47-70(72(65)75-71)74-68-37-21-18-34-61(68)63-48-54(40-43-69(63)74)73-66-35-19-16-32-59(66)60-33-17-20-36-67(60)73/h1-48H. The van der Waals surface area contributed by atoms with Gasteiger partial charge in [0.1, 0.15) is 0 Å². The molecule has 3 aromatic heterocycles. The van der Waals surface area contributed by atoms with E-state index in [1.54, 1.807) is 0 Å². The molecule has 2 nitrogen and oxygen atoms in total. The minimum atomic E-state index is -2.73. The molecule has 0 bridgehead atoms. The average molecular weight is 1000 g/mol. The maximum atomic E-state index is 2.54. The van der Waals surface area contributed by atoms with Crippen LogP contribution in [0.5, 0.6) is 0 Å². The second-order valence-corrected chi connectivity index (χ2v) is 24.8. The lowest BCUT2D eigenvalue weighted by Gasteiger charge is -2.34. The normalized spacial score (nSPS) is 11.9. The highest BCUT2D eigenvalue weighted by atomic mass is 32.1. The Hall–Kier alpha value is -9.32. The van der Waals surface area contributed by atoms with Crippen molar-refractivity contribution in [3.05, 3.63) is 291 Å². The Kier molecular flexibility index (Phi) is 10.4. The molecular weight excluding hydrogens is 953 g/mol.